The average Bonchev–Trinajstić information content (AvgIpc) is 2.30. The molecule has 1 N–H and O–H groups in total. The fourth-order valence-corrected chi connectivity index (χ4v) is 4.07. The molecule has 0 bridgehead atoms. The van der Waals surface area contributed by atoms with Crippen LogP contribution in [0.3, 0.4) is 0 Å². The van der Waals surface area contributed by atoms with Gasteiger partial charge in [0.25, 0.3) is 0 Å². The SMILES string of the molecule is O=S(=O)(NS(=O)(=O)C(F)(F)F)C(F)(F)F.O=S(=O)([N-]S(=O)(=O)C(F)(F)F)C(F)(F)F. The first kappa shape index (κ1) is 31.1. The zero-order chi connectivity index (χ0) is 25.4. The van der Waals surface area contributed by atoms with Gasteiger partial charge in [0.1, 0.15) is 0 Å². The van der Waals surface area contributed by atoms with Crippen LogP contribution in [0.2, 0.25) is 0 Å². The van der Waals surface area contributed by atoms with E-state index in [0.29, 0.717) is 0 Å². The molecule has 184 valence electrons. The number of rotatable bonds is 4. The predicted molar refractivity (Wildman–Crippen MR) is 66.4 cm³/mol. The van der Waals surface area contributed by atoms with Crippen molar-refractivity contribution in [1.29, 1.82) is 0 Å². The van der Waals surface area contributed by atoms with Crippen LogP contribution in [0.1, 0.15) is 0 Å². The molecule has 0 radical (unpaired) electrons. The van der Waals surface area contributed by atoms with Gasteiger partial charge in [0.05, 0.1) is 0 Å². The Morgan fingerprint density at radius 3 is 0.767 bits per heavy atom. The number of sulfonamides is 4. The zero-order valence-electron chi connectivity index (χ0n) is 12.4. The Balaban J connectivity index is 0. The summed E-state index contributed by atoms with van der Waals surface area (Å²) in [5.74, 6) is 0. The summed E-state index contributed by atoms with van der Waals surface area (Å²) in [6, 6.07) is 0. The Hall–Kier alpha value is -1.12. The molecule has 0 fully saturated rings. The molecule has 0 aliphatic carbocycles. The highest BCUT2D eigenvalue weighted by atomic mass is 32.3. The number of hydrogen-bond acceptors (Lipinski definition) is 8. The van der Waals surface area contributed by atoms with Gasteiger partial charge in [0.15, 0.2) is 20.0 Å². The second kappa shape index (κ2) is 8.43. The monoisotopic (exact) mass is 561 g/mol. The molecule has 10 nitrogen and oxygen atoms in total. The number of alkyl halides is 12. The lowest BCUT2D eigenvalue weighted by atomic mass is 11.6. The summed E-state index contributed by atoms with van der Waals surface area (Å²) in [6.45, 7) is 0. The van der Waals surface area contributed by atoms with Gasteiger partial charge in [-0.1, -0.05) is 4.13 Å². The summed E-state index contributed by atoms with van der Waals surface area (Å²) in [6.07, 6.45) is 0. The van der Waals surface area contributed by atoms with Crippen LogP contribution in [0.15, 0.2) is 0 Å². The molecule has 0 aromatic heterocycles. The van der Waals surface area contributed by atoms with E-state index in [1.54, 1.807) is 0 Å². The van der Waals surface area contributed by atoms with Gasteiger partial charge >= 0.3 is 42.1 Å². The molecule has 0 aliphatic heterocycles. The normalized spacial score (nSPS) is 15.3. The van der Waals surface area contributed by atoms with E-state index < -0.39 is 66.3 Å². The van der Waals surface area contributed by atoms with Gasteiger partial charge in [0.2, 0.25) is 0 Å². The molecule has 0 rings (SSSR count). The second-order valence-corrected chi connectivity index (χ2v) is 10.9. The van der Waals surface area contributed by atoms with Gasteiger partial charge in [-0.15, -0.1) is 0 Å². The molecule has 0 saturated heterocycles. The van der Waals surface area contributed by atoms with E-state index in [2.05, 4.69) is 0 Å². The van der Waals surface area contributed by atoms with Crippen LogP contribution < -0.4 is 4.13 Å². The van der Waals surface area contributed by atoms with E-state index in [4.69, 9.17) is 0 Å². The van der Waals surface area contributed by atoms with E-state index in [0.717, 1.165) is 4.13 Å². The zero-order valence-corrected chi connectivity index (χ0v) is 15.6. The topological polar surface area (TPSA) is 163 Å². The maximum absolute atomic E-state index is 11.5. The minimum atomic E-state index is -6.72. The molecule has 0 spiro atoms. The molecular formula is C4HF12N2O8S4-. The van der Waals surface area contributed by atoms with E-state index in [9.17, 15) is 86.4 Å². The highest BCUT2D eigenvalue weighted by Gasteiger charge is 2.55. The van der Waals surface area contributed by atoms with Crippen molar-refractivity contribution < 1.29 is 86.4 Å². The Morgan fingerprint density at radius 2 is 0.633 bits per heavy atom. The molecule has 26 heteroatoms. The number of hydrogen-bond donors (Lipinski definition) is 1. The van der Waals surface area contributed by atoms with Crippen LogP contribution in [0.4, 0.5) is 52.7 Å². The van der Waals surface area contributed by atoms with E-state index in [1.165, 1.54) is 0 Å². The Bertz CT molecular complexity index is 855. The van der Waals surface area contributed by atoms with E-state index in [1.807, 2.05) is 0 Å². The summed E-state index contributed by atoms with van der Waals surface area (Å²) in [4.78, 5) is 0. The summed E-state index contributed by atoms with van der Waals surface area (Å²) in [7, 11) is -26.6. The third-order valence-electron chi connectivity index (χ3n) is 1.61. The quantitative estimate of drug-likeness (QED) is 0.503. The fraction of sp³-hybridized carbons (Fsp3) is 1.00. The molecule has 0 aromatic rings. The van der Waals surface area contributed by atoms with Gasteiger partial charge in [-0.25, -0.2) is 33.7 Å². The van der Waals surface area contributed by atoms with Crippen molar-refractivity contribution in [2.24, 2.45) is 0 Å². The number of nitrogens with zero attached hydrogens (tertiary/aromatic N) is 1. The minimum absolute atomic E-state index is 0.493. The van der Waals surface area contributed by atoms with Crippen molar-refractivity contribution in [3.05, 3.63) is 4.13 Å². The molecule has 0 atom stereocenters. The van der Waals surface area contributed by atoms with E-state index >= 15 is 0 Å². The smallest absolute Gasteiger partial charge is 0.421 e. The standard InChI is InChI=1S/C2HF6NO4S2.C2F6NO4S2/c2*3-1(4,5)14(10,11)9-15(12,13)2(6,7)8/h9H;/q;-1. The molecule has 0 heterocycles. The first-order valence-corrected chi connectivity index (χ1v) is 11.0. The molecular weight excluding hydrogens is 560 g/mol. The molecule has 0 amide bonds. The van der Waals surface area contributed by atoms with Gasteiger partial charge in [-0.2, -0.15) is 52.7 Å². The van der Waals surface area contributed by atoms with Crippen LogP contribution in [-0.4, -0.2) is 55.7 Å². The maximum atomic E-state index is 11.5. The third-order valence-corrected chi connectivity index (χ3v) is 7.32. The highest BCUT2D eigenvalue weighted by molar-refractivity contribution is 8.13. The maximum Gasteiger partial charge on any atom is 0.512 e. The number of halogens is 12. The summed E-state index contributed by atoms with van der Waals surface area (Å²) in [5, 5.41) is 0. The fourth-order valence-electron chi connectivity index (χ4n) is 0.453. The van der Waals surface area contributed by atoms with Crippen molar-refractivity contribution in [2.45, 2.75) is 22.0 Å². The molecule has 0 unspecified atom stereocenters. The van der Waals surface area contributed by atoms with Gasteiger partial charge < -0.3 is 4.13 Å². The minimum Gasteiger partial charge on any atom is -0.421 e. The summed E-state index contributed by atoms with van der Waals surface area (Å²) >= 11 is 0. The van der Waals surface area contributed by atoms with Crippen LogP contribution in [0.25, 0.3) is 4.13 Å². The van der Waals surface area contributed by atoms with E-state index in [-0.39, 0.29) is 0 Å². The lowest BCUT2D eigenvalue weighted by Gasteiger charge is -2.22. The van der Waals surface area contributed by atoms with Crippen molar-refractivity contribution in [1.82, 2.24) is 4.13 Å². The summed E-state index contributed by atoms with van der Waals surface area (Å²) in [5.41, 5.74) is -24.7. The highest BCUT2D eigenvalue weighted by Crippen LogP contribution is 2.36. The Kier molecular flexibility index (Phi) is 8.73. The second-order valence-electron chi connectivity index (χ2n) is 3.90. The Labute approximate surface area is 157 Å². The average molecular weight is 561 g/mol. The molecule has 0 saturated carbocycles. The first-order valence-electron chi connectivity index (χ1n) is 5.19. The Morgan fingerprint density at radius 1 is 0.433 bits per heavy atom. The number of nitrogens with one attached hydrogen (secondary N) is 1. The molecule has 0 aromatic carbocycles. The van der Waals surface area contributed by atoms with Crippen molar-refractivity contribution in [3.63, 3.8) is 0 Å². The van der Waals surface area contributed by atoms with Crippen LogP contribution >= 0.6 is 0 Å². The summed E-state index contributed by atoms with van der Waals surface area (Å²) < 4.78 is 218. The third kappa shape index (κ3) is 8.19. The van der Waals surface area contributed by atoms with Crippen molar-refractivity contribution >= 4 is 40.1 Å². The van der Waals surface area contributed by atoms with Crippen molar-refractivity contribution in [2.75, 3.05) is 0 Å². The predicted octanol–water partition coefficient (Wildman–Crippen LogP) is 1.33. The lowest BCUT2D eigenvalue weighted by molar-refractivity contribution is -0.0480. The largest absolute Gasteiger partial charge is 0.512 e. The van der Waals surface area contributed by atoms with Crippen LogP contribution in [0.5, 0.6) is 0 Å². The van der Waals surface area contributed by atoms with Gasteiger partial charge in [-0.05, 0) is 0 Å². The lowest BCUT2D eigenvalue weighted by Crippen LogP contribution is -2.45. The van der Waals surface area contributed by atoms with Crippen molar-refractivity contribution in [3.8, 4) is 0 Å². The van der Waals surface area contributed by atoms with Crippen LogP contribution in [0, 0.1) is 0 Å². The van der Waals surface area contributed by atoms with Gasteiger partial charge in [0, 0.05) is 0 Å². The van der Waals surface area contributed by atoms with Gasteiger partial charge in [-0.3, -0.25) is 0 Å². The molecule has 30 heavy (non-hydrogen) atoms. The van der Waals surface area contributed by atoms with Crippen LogP contribution in [-0.2, 0) is 40.1 Å². The molecule has 0 aliphatic rings. The first-order chi connectivity index (χ1) is 12.4.